The minimum atomic E-state index is -0.675. The van der Waals surface area contributed by atoms with E-state index in [1.54, 1.807) is 0 Å². The second kappa shape index (κ2) is 14.2. The number of hydrogen-bond acceptors (Lipinski definition) is 1. The van der Waals surface area contributed by atoms with Crippen LogP contribution >= 0.6 is 7.92 Å². The quantitative estimate of drug-likeness (QED) is 0.0881. The summed E-state index contributed by atoms with van der Waals surface area (Å²) >= 11 is 0. The Morgan fingerprint density at radius 3 is 1.55 bits per heavy atom. The first-order valence-corrected chi connectivity index (χ1v) is 19.0. The van der Waals surface area contributed by atoms with Crippen molar-refractivity contribution in [2.24, 2.45) is 0 Å². The van der Waals surface area contributed by atoms with Gasteiger partial charge in [-0.05, 0) is 136 Å². The fourth-order valence-electron chi connectivity index (χ4n) is 7.42. The number of allylic oxidation sites excluding steroid dienone is 4. The Morgan fingerprint density at radius 1 is 0.471 bits per heavy atom. The maximum atomic E-state index is 2.39. The van der Waals surface area contributed by atoms with E-state index in [1.807, 2.05) is 0 Å². The number of fused-ring (bicyclic) bond motifs is 6. The normalized spacial score (nSPS) is 12.6. The average molecular weight is 674 g/mol. The van der Waals surface area contributed by atoms with E-state index in [0.717, 1.165) is 11.4 Å². The van der Waals surface area contributed by atoms with E-state index in [2.05, 4.69) is 214 Å². The van der Waals surface area contributed by atoms with Gasteiger partial charge < -0.3 is 4.90 Å². The lowest BCUT2D eigenvalue weighted by molar-refractivity contribution is 1.25. The van der Waals surface area contributed by atoms with Crippen molar-refractivity contribution >= 4 is 67.9 Å². The van der Waals surface area contributed by atoms with E-state index in [-0.39, 0.29) is 0 Å². The summed E-state index contributed by atoms with van der Waals surface area (Å²) in [5.41, 5.74) is 7.11. The third kappa shape index (κ3) is 6.16. The molecule has 0 radical (unpaired) electrons. The molecule has 8 aromatic rings. The van der Waals surface area contributed by atoms with Crippen molar-refractivity contribution in [3.63, 3.8) is 0 Å². The SMILES string of the molecule is C/C=C\C(=C/C)P(c1ccccc1)c1ccc(N(c2ccccc2)c2ccc(-c3ccc4c5ccccc5c5ccccc5c4c3)cc2C)cc1. The summed E-state index contributed by atoms with van der Waals surface area (Å²) in [7, 11) is -0.675. The third-order valence-corrected chi connectivity index (χ3v) is 12.4. The molecule has 8 rings (SSSR count). The zero-order chi connectivity index (χ0) is 34.7. The molecule has 0 aromatic heterocycles. The predicted molar refractivity (Wildman–Crippen MR) is 225 cm³/mol. The first-order chi connectivity index (χ1) is 25.1. The lowest BCUT2D eigenvalue weighted by Crippen LogP contribution is -2.15. The molecule has 0 bridgehead atoms. The van der Waals surface area contributed by atoms with E-state index in [9.17, 15) is 0 Å². The fourth-order valence-corrected chi connectivity index (χ4v) is 9.79. The van der Waals surface area contributed by atoms with Gasteiger partial charge in [0.05, 0.1) is 0 Å². The van der Waals surface area contributed by atoms with Crippen LogP contribution in [-0.4, -0.2) is 0 Å². The Balaban J connectivity index is 1.20. The van der Waals surface area contributed by atoms with Crippen molar-refractivity contribution in [3.8, 4) is 11.1 Å². The van der Waals surface area contributed by atoms with E-state index < -0.39 is 7.92 Å². The zero-order valence-corrected chi connectivity index (χ0v) is 30.2. The van der Waals surface area contributed by atoms with E-state index >= 15 is 0 Å². The topological polar surface area (TPSA) is 3.24 Å². The van der Waals surface area contributed by atoms with Crippen LogP contribution in [0.2, 0.25) is 0 Å². The van der Waals surface area contributed by atoms with Gasteiger partial charge >= 0.3 is 0 Å². The summed E-state index contributed by atoms with van der Waals surface area (Å²) in [6.07, 6.45) is 6.66. The lowest BCUT2D eigenvalue weighted by atomic mass is 9.91. The standard InChI is InChI=1S/C49H40NP/c1-4-16-40(5-2)51(41-19-10-7-11-20-41)42-29-27-39(28-30-42)50(38-17-8-6-9-18-38)49-32-26-36(33-35(49)3)37-25-31-47-45-23-13-12-21-43(45)44-22-14-15-24-46(44)48(47)34-37/h4-34H,1-3H3/b16-4-,40-5+. The molecular formula is C49H40NP. The Hall–Kier alpha value is -5.75. The van der Waals surface area contributed by atoms with Crippen LogP contribution in [0.25, 0.3) is 43.4 Å². The molecule has 0 N–H and O–H groups in total. The van der Waals surface area contributed by atoms with E-state index in [1.165, 1.54) is 70.6 Å². The largest absolute Gasteiger partial charge is 0.310 e. The fraction of sp³-hybridized carbons (Fsp3) is 0.0612. The van der Waals surface area contributed by atoms with Crippen molar-refractivity contribution in [2.45, 2.75) is 20.8 Å². The van der Waals surface area contributed by atoms with Gasteiger partial charge in [-0.15, -0.1) is 0 Å². The minimum absolute atomic E-state index is 0.675. The van der Waals surface area contributed by atoms with E-state index in [0.29, 0.717) is 0 Å². The molecule has 51 heavy (non-hydrogen) atoms. The number of benzene rings is 8. The van der Waals surface area contributed by atoms with Crippen molar-refractivity contribution in [1.82, 2.24) is 0 Å². The van der Waals surface area contributed by atoms with Gasteiger partial charge in [0.1, 0.15) is 0 Å². The number of aryl methyl sites for hydroxylation is 1. The molecule has 1 atom stereocenters. The summed E-state index contributed by atoms with van der Waals surface area (Å²) in [5.74, 6) is 0. The third-order valence-electron chi connectivity index (χ3n) is 9.80. The maximum absolute atomic E-state index is 2.39. The minimum Gasteiger partial charge on any atom is -0.310 e. The molecule has 0 fully saturated rings. The second-order valence-corrected chi connectivity index (χ2v) is 15.1. The predicted octanol–water partition coefficient (Wildman–Crippen LogP) is 13.5. The van der Waals surface area contributed by atoms with Gasteiger partial charge in [-0.3, -0.25) is 0 Å². The maximum Gasteiger partial charge on any atom is 0.0491 e. The Kier molecular flexibility index (Phi) is 9.06. The summed E-state index contributed by atoms with van der Waals surface area (Å²) in [6.45, 7) is 6.48. The van der Waals surface area contributed by atoms with Gasteiger partial charge in [0.2, 0.25) is 0 Å². The molecule has 246 valence electrons. The lowest BCUT2D eigenvalue weighted by Gasteiger charge is -2.28. The highest BCUT2D eigenvalue weighted by Gasteiger charge is 2.20. The molecule has 0 aliphatic heterocycles. The molecule has 2 heteroatoms. The highest BCUT2D eigenvalue weighted by atomic mass is 31.1. The summed E-state index contributed by atoms with van der Waals surface area (Å²) in [5, 5.41) is 11.8. The van der Waals surface area contributed by atoms with Gasteiger partial charge in [-0.25, -0.2) is 0 Å². The highest BCUT2D eigenvalue weighted by Crippen LogP contribution is 2.45. The molecule has 1 nitrogen and oxygen atoms in total. The van der Waals surface area contributed by atoms with E-state index in [4.69, 9.17) is 0 Å². The molecule has 0 aliphatic rings. The molecule has 0 spiro atoms. The number of hydrogen-bond donors (Lipinski definition) is 0. The number of nitrogens with zero attached hydrogens (tertiary/aromatic N) is 1. The molecular weight excluding hydrogens is 634 g/mol. The monoisotopic (exact) mass is 673 g/mol. The van der Waals surface area contributed by atoms with Gasteiger partial charge in [0.15, 0.2) is 0 Å². The molecule has 0 heterocycles. The van der Waals surface area contributed by atoms with Crippen LogP contribution in [0.15, 0.2) is 193 Å². The Bertz CT molecular complexity index is 2510. The van der Waals surface area contributed by atoms with Crippen LogP contribution in [0.4, 0.5) is 17.1 Å². The van der Waals surface area contributed by atoms with Crippen LogP contribution in [0.5, 0.6) is 0 Å². The summed E-state index contributed by atoms with van der Waals surface area (Å²) in [6, 6.07) is 62.3. The van der Waals surface area contributed by atoms with Crippen molar-refractivity contribution in [2.75, 3.05) is 4.90 Å². The highest BCUT2D eigenvalue weighted by molar-refractivity contribution is 7.77. The first-order valence-electron chi connectivity index (χ1n) is 17.7. The van der Waals surface area contributed by atoms with Crippen molar-refractivity contribution in [3.05, 3.63) is 199 Å². The number of rotatable bonds is 8. The zero-order valence-electron chi connectivity index (χ0n) is 29.3. The summed E-state index contributed by atoms with van der Waals surface area (Å²) < 4.78 is 0. The van der Waals surface area contributed by atoms with Crippen LogP contribution in [-0.2, 0) is 0 Å². The van der Waals surface area contributed by atoms with Crippen LogP contribution < -0.4 is 15.5 Å². The van der Waals surface area contributed by atoms with Crippen molar-refractivity contribution in [1.29, 1.82) is 0 Å². The van der Waals surface area contributed by atoms with Crippen LogP contribution in [0.1, 0.15) is 19.4 Å². The van der Waals surface area contributed by atoms with Gasteiger partial charge in [-0.2, -0.15) is 0 Å². The first kappa shape index (κ1) is 32.5. The molecule has 0 saturated carbocycles. The van der Waals surface area contributed by atoms with Gasteiger partial charge in [-0.1, -0.05) is 146 Å². The Labute approximate surface area is 302 Å². The molecule has 1 unspecified atom stereocenters. The number of para-hydroxylation sites is 1. The molecule has 0 aliphatic carbocycles. The molecule has 0 saturated heterocycles. The molecule has 0 amide bonds. The summed E-state index contributed by atoms with van der Waals surface area (Å²) in [4.78, 5) is 2.39. The van der Waals surface area contributed by atoms with Crippen LogP contribution in [0, 0.1) is 6.92 Å². The average Bonchev–Trinajstić information content (AvgIpc) is 3.19. The van der Waals surface area contributed by atoms with Crippen LogP contribution in [0.3, 0.4) is 0 Å². The van der Waals surface area contributed by atoms with Gasteiger partial charge in [0.25, 0.3) is 0 Å². The van der Waals surface area contributed by atoms with Gasteiger partial charge in [0, 0.05) is 17.1 Å². The smallest absolute Gasteiger partial charge is 0.0491 e. The Morgan fingerprint density at radius 2 is 0.961 bits per heavy atom. The second-order valence-electron chi connectivity index (χ2n) is 12.9. The van der Waals surface area contributed by atoms with Crippen molar-refractivity contribution < 1.29 is 0 Å². The molecule has 8 aromatic carbocycles. The number of anilines is 3.